The van der Waals surface area contributed by atoms with Crippen molar-refractivity contribution >= 4 is 46.2 Å². The normalized spacial score (nSPS) is 11.1. The van der Waals surface area contributed by atoms with Gasteiger partial charge in [-0.3, -0.25) is 9.59 Å². The van der Waals surface area contributed by atoms with Gasteiger partial charge in [-0.25, -0.2) is 9.82 Å². The highest BCUT2D eigenvalue weighted by atomic mass is 35.5. The maximum Gasteiger partial charge on any atom is 0.329 e. The molecule has 0 unspecified atom stereocenters. The number of nitrogens with zero attached hydrogens (tertiary/aromatic N) is 1. The average molecular weight is 340 g/mol. The van der Waals surface area contributed by atoms with Crippen molar-refractivity contribution in [2.75, 3.05) is 5.32 Å². The average Bonchev–Trinajstić information content (AvgIpc) is 2.93. The van der Waals surface area contributed by atoms with Gasteiger partial charge in [0.2, 0.25) is 0 Å². The van der Waals surface area contributed by atoms with Crippen LogP contribution in [0.4, 0.5) is 10.1 Å². The minimum atomic E-state index is -1.01. The third-order valence-corrected chi connectivity index (χ3v) is 3.92. The Bertz CT molecular complexity index is 745. The summed E-state index contributed by atoms with van der Waals surface area (Å²) >= 11 is 7.09. The van der Waals surface area contributed by atoms with E-state index in [1.165, 1.54) is 29.5 Å². The van der Waals surface area contributed by atoms with Crippen LogP contribution in [0.5, 0.6) is 0 Å². The molecular formula is C14H11ClFN3O2S. The molecule has 0 fully saturated rings. The third kappa shape index (κ3) is 4.12. The second-order valence-corrected chi connectivity index (χ2v) is 5.89. The summed E-state index contributed by atoms with van der Waals surface area (Å²) in [4.78, 5) is 24.0. The van der Waals surface area contributed by atoms with Gasteiger partial charge in [0.05, 0.1) is 20.6 Å². The van der Waals surface area contributed by atoms with Crippen LogP contribution in [0, 0.1) is 5.82 Å². The van der Waals surface area contributed by atoms with Crippen LogP contribution in [0.3, 0.4) is 0 Å². The Morgan fingerprint density at radius 1 is 1.18 bits per heavy atom. The quantitative estimate of drug-likeness (QED) is 0.512. The molecular weight excluding hydrogens is 329 g/mol. The van der Waals surface area contributed by atoms with Crippen molar-refractivity contribution in [1.29, 1.82) is 0 Å². The van der Waals surface area contributed by atoms with Gasteiger partial charge in [0.1, 0.15) is 5.82 Å². The van der Waals surface area contributed by atoms with Crippen LogP contribution >= 0.6 is 22.9 Å². The van der Waals surface area contributed by atoms with Crippen LogP contribution in [0.15, 0.2) is 41.5 Å². The lowest BCUT2D eigenvalue weighted by atomic mass is 10.3. The number of thiophene rings is 1. The van der Waals surface area contributed by atoms with Crippen LogP contribution < -0.4 is 10.7 Å². The Labute approximate surface area is 134 Å². The predicted octanol–water partition coefficient (Wildman–Crippen LogP) is 3.02. The largest absolute Gasteiger partial charge is 0.329 e. The van der Waals surface area contributed by atoms with E-state index >= 15 is 0 Å². The number of hydrogen-bond donors (Lipinski definition) is 2. The zero-order valence-electron chi connectivity index (χ0n) is 11.4. The van der Waals surface area contributed by atoms with E-state index in [1.807, 2.05) is 0 Å². The van der Waals surface area contributed by atoms with E-state index in [2.05, 4.69) is 15.8 Å². The fourth-order valence-electron chi connectivity index (χ4n) is 1.49. The fourth-order valence-corrected chi connectivity index (χ4v) is 2.48. The van der Waals surface area contributed by atoms with Crippen LogP contribution in [-0.4, -0.2) is 17.5 Å². The molecule has 0 aliphatic rings. The van der Waals surface area contributed by atoms with E-state index in [1.54, 1.807) is 25.1 Å². The molecule has 1 heterocycles. The second-order valence-electron chi connectivity index (χ2n) is 4.18. The smallest absolute Gasteiger partial charge is 0.315 e. The SMILES string of the molecule is C/C(=N\NC(=O)C(=O)Nc1ccccc1F)c1ccc(Cl)s1. The van der Waals surface area contributed by atoms with Crippen LogP contribution in [0.2, 0.25) is 4.34 Å². The second kappa shape index (κ2) is 7.15. The van der Waals surface area contributed by atoms with Crippen LogP contribution in [0.1, 0.15) is 11.8 Å². The molecule has 2 N–H and O–H groups in total. The van der Waals surface area contributed by atoms with Crippen LogP contribution in [-0.2, 0) is 9.59 Å². The van der Waals surface area contributed by atoms with E-state index in [0.29, 0.717) is 10.0 Å². The van der Waals surface area contributed by atoms with Gasteiger partial charge >= 0.3 is 11.8 Å². The fraction of sp³-hybridized carbons (Fsp3) is 0.0714. The molecule has 22 heavy (non-hydrogen) atoms. The standard InChI is InChI=1S/C14H11ClFN3O2S/c1-8(11-6-7-12(15)22-11)18-19-14(21)13(20)17-10-5-3-2-4-9(10)16/h2-7H,1H3,(H,17,20)(H,19,21)/b18-8+. The monoisotopic (exact) mass is 339 g/mol. The molecule has 2 amide bonds. The molecule has 0 aliphatic carbocycles. The molecule has 2 aromatic rings. The Kier molecular flexibility index (Phi) is 5.24. The number of para-hydroxylation sites is 1. The zero-order valence-corrected chi connectivity index (χ0v) is 13.0. The molecule has 0 atom stereocenters. The number of nitrogens with one attached hydrogen (secondary N) is 2. The Balaban J connectivity index is 1.97. The number of halogens is 2. The van der Waals surface area contributed by atoms with Gasteiger partial charge in [0.25, 0.3) is 0 Å². The van der Waals surface area contributed by atoms with Crippen molar-refractivity contribution in [3.8, 4) is 0 Å². The van der Waals surface area contributed by atoms with E-state index in [4.69, 9.17) is 11.6 Å². The number of benzene rings is 1. The molecule has 0 aliphatic heterocycles. The van der Waals surface area contributed by atoms with Gasteiger partial charge in [0.15, 0.2) is 0 Å². The number of carbonyl (C=O) groups excluding carboxylic acids is 2. The topological polar surface area (TPSA) is 70.6 Å². The molecule has 0 bridgehead atoms. The van der Waals surface area contributed by atoms with Gasteiger partial charge in [0, 0.05) is 0 Å². The molecule has 0 radical (unpaired) electrons. The first-order chi connectivity index (χ1) is 10.5. The van der Waals surface area contributed by atoms with Gasteiger partial charge in [-0.15, -0.1) is 11.3 Å². The first-order valence-electron chi connectivity index (χ1n) is 6.13. The van der Waals surface area contributed by atoms with Crippen molar-refractivity contribution in [2.24, 2.45) is 5.10 Å². The number of amides is 2. The number of hydrazone groups is 1. The molecule has 114 valence electrons. The number of rotatable bonds is 3. The molecule has 0 saturated carbocycles. The lowest BCUT2D eigenvalue weighted by Crippen LogP contribution is -2.33. The first-order valence-corrected chi connectivity index (χ1v) is 7.32. The molecule has 0 spiro atoms. The highest BCUT2D eigenvalue weighted by Crippen LogP contribution is 2.21. The molecule has 1 aromatic carbocycles. The minimum absolute atomic E-state index is 0.0756. The minimum Gasteiger partial charge on any atom is -0.315 e. The third-order valence-electron chi connectivity index (χ3n) is 2.58. The van der Waals surface area contributed by atoms with Crippen molar-refractivity contribution in [3.63, 3.8) is 0 Å². The van der Waals surface area contributed by atoms with E-state index < -0.39 is 17.6 Å². The summed E-state index contributed by atoms with van der Waals surface area (Å²) in [7, 11) is 0. The number of hydrogen-bond acceptors (Lipinski definition) is 4. The summed E-state index contributed by atoms with van der Waals surface area (Å²) in [5.74, 6) is -2.63. The van der Waals surface area contributed by atoms with Gasteiger partial charge in [-0.2, -0.15) is 5.10 Å². The molecule has 0 saturated heterocycles. The van der Waals surface area contributed by atoms with Gasteiger partial charge in [-0.1, -0.05) is 23.7 Å². The van der Waals surface area contributed by atoms with Crippen LogP contribution in [0.25, 0.3) is 0 Å². The van der Waals surface area contributed by atoms with Crippen molar-refractivity contribution in [3.05, 3.63) is 51.4 Å². The number of anilines is 1. The van der Waals surface area contributed by atoms with Crippen molar-refractivity contribution in [2.45, 2.75) is 6.92 Å². The highest BCUT2D eigenvalue weighted by Gasteiger charge is 2.15. The summed E-state index contributed by atoms with van der Waals surface area (Å²) in [6.07, 6.45) is 0. The zero-order chi connectivity index (χ0) is 16.1. The first kappa shape index (κ1) is 16.1. The Morgan fingerprint density at radius 2 is 1.91 bits per heavy atom. The number of carbonyl (C=O) groups is 2. The molecule has 5 nitrogen and oxygen atoms in total. The lowest BCUT2D eigenvalue weighted by Gasteiger charge is -2.05. The summed E-state index contributed by atoms with van der Waals surface area (Å²) in [6, 6.07) is 8.99. The lowest BCUT2D eigenvalue weighted by molar-refractivity contribution is -0.136. The Hall–Kier alpha value is -2.25. The summed E-state index contributed by atoms with van der Waals surface area (Å²) in [6.45, 7) is 1.66. The summed E-state index contributed by atoms with van der Waals surface area (Å²) in [5, 5.41) is 5.97. The summed E-state index contributed by atoms with van der Waals surface area (Å²) < 4.78 is 14.0. The van der Waals surface area contributed by atoms with E-state index in [0.717, 1.165) is 4.88 Å². The van der Waals surface area contributed by atoms with E-state index in [-0.39, 0.29) is 5.69 Å². The van der Waals surface area contributed by atoms with Crippen molar-refractivity contribution < 1.29 is 14.0 Å². The highest BCUT2D eigenvalue weighted by molar-refractivity contribution is 7.18. The molecule has 1 aromatic heterocycles. The summed E-state index contributed by atoms with van der Waals surface area (Å²) in [5.41, 5.74) is 2.54. The Morgan fingerprint density at radius 3 is 2.55 bits per heavy atom. The van der Waals surface area contributed by atoms with Crippen molar-refractivity contribution in [1.82, 2.24) is 5.43 Å². The maximum atomic E-state index is 13.4. The molecule has 8 heteroatoms. The predicted molar refractivity (Wildman–Crippen MR) is 84.7 cm³/mol. The molecule has 2 rings (SSSR count). The van der Waals surface area contributed by atoms with Gasteiger partial charge < -0.3 is 5.32 Å². The van der Waals surface area contributed by atoms with Gasteiger partial charge in [-0.05, 0) is 31.2 Å². The maximum absolute atomic E-state index is 13.4. The van der Waals surface area contributed by atoms with E-state index in [9.17, 15) is 14.0 Å².